The lowest BCUT2D eigenvalue weighted by molar-refractivity contribution is -0.141. The predicted octanol–water partition coefficient (Wildman–Crippen LogP) is 2.48. The van der Waals surface area contributed by atoms with E-state index >= 15 is 0 Å². The second kappa shape index (κ2) is 8.03. The maximum Gasteiger partial charge on any atom is 0.308 e. The van der Waals surface area contributed by atoms with Crippen molar-refractivity contribution in [2.24, 2.45) is 5.92 Å². The van der Waals surface area contributed by atoms with Crippen molar-refractivity contribution in [1.82, 2.24) is 5.32 Å². The van der Waals surface area contributed by atoms with Crippen molar-refractivity contribution < 1.29 is 19.5 Å². The Labute approximate surface area is 157 Å². The summed E-state index contributed by atoms with van der Waals surface area (Å²) in [6.45, 7) is 1.97. The van der Waals surface area contributed by atoms with Crippen LogP contribution >= 0.6 is 0 Å². The van der Waals surface area contributed by atoms with Crippen LogP contribution in [0.25, 0.3) is 0 Å². The zero-order chi connectivity index (χ0) is 19.4. The number of hydrogen-bond donors (Lipinski definition) is 3. The molecule has 0 radical (unpaired) electrons. The van der Waals surface area contributed by atoms with Gasteiger partial charge in [-0.2, -0.15) is 0 Å². The smallest absolute Gasteiger partial charge is 0.308 e. The lowest BCUT2D eigenvalue weighted by Gasteiger charge is -2.25. The minimum Gasteiger partial charge on any atom is -0.481 e. The Balaban J connectivity index is 1.68. The third kappa shape index (κ3) is 4.53. The first kappa shape index (κ1) is 18.6. The third-order valence-corrected chi connectivity index (χ3v) is 4.75. The number of carboxylic acid groups (broad SMARTS) is 1. The Morgan fingerprint density at radius 1 is 1.22 bits per heavy atom. The molecule has 0 aromatic heterocycles. The molecular weight excluding hydrogens is 344 g/mol. The summed E-state index contributed by atoms with van der Waals surface area (Å²) in [6, 6.07) is 14.8. The second-order valence-corrected chi connectivity index (χ2v) is 6.87. The number of carbonyl (C=O) groups is 3. The van der Waals surface area contributed by atoms with Gasteiger partial charge >= 0.3 is 5.97 Å². The number of hydrogen-bond acceptors (Lipinski definition) is 3. The zero-order valence-electron chi connectivity index (χ0n) is 15.1. The number of amides is 2. The van der Waals surface area contributed by atoms with Crippen LogP contribution in [-0.2, 0) is 20.8 Å². The molecule has 2 aromatic rings. The summed E-state index contributed by atoms with van der Waals surface area (Å²) in [4.78, 5) is 36.1. The van der Waals surface area contributed by atoms with Crippen LogP contribution in [-0.4, -0.2) is 29.4 Å². The Hall–Kier alpha value is -3.15. The van der Waals surface area contributed by atoms with Gasteiger partial charge in [0.15, 0.2) is 0 Å². The Morgan fingerprint density at radius 2 is 2.00 bits per heavy atom. The molecule has 0 bridgehead atoms. The number of carboxylic acids is 1. The van der Waals surface area contributed by atoms with E-state index in [-0.39, 0.29) is 24.8 Å². The van der Waals surface area contributed by atoms with Gasteiger partial charge in [-0.15, -0.1) is 0 Å². The Kier molecular flexibility index (Phi) is 5.54. The van der Waals surface area contributed by atoms with Crippen LogP contribution in [0.15, 0.2) is 48.5 Å². The lowest BCUT2D eigenvalue weighted by atomic mass is 9.89. The summed E-state index contributed by atoms with van der Waals surface area (Å²) in [7, 11) is 0. The molecule has 3 N–H and O–H groups in total. The molecule has 1 aliphatic rings. The minimum atomic E-state index is -0.960. The molecular formula is C21H22N2O4. The van der Waals surface area contributed by atoms with E-state index in [1.807, 2.05) is 37.3 Å². The van der Waals surface area contributed by atoms with Crippen molar-refractivity contribution in [2.45, 2.75) is 25.7 Å². The summed E-state index contributed by atoms with van der Waals surface area (Å²) >= 11 is 0. The average molecular weight is 366 g/mol. The van der Waals surface area contributed by atoms with E-state index in [9.17, 15) is 19.5 Å². The molecule has 27 heavy (non-hydrogen) atoms. The quantitative estimate of drug-likeness (QED) is 0.732. The van der Waals surface area contributed by atoms with Gasteiger partial charge in [0.25, 0.3) is 0 Å². The van der Waals surface area contributed by atoms with Crippen molar-refractivity contribution in [3.63, 3.8) is 0 Å². The van der Waals surface area contributed by atoms with E-state index in [0.29, 0.717) is 12.1 Å². The zero-order valence-corrected chi connectivity index (χ0v) is 15.1. The number of para-hydroxylation sites is 1. The lowest BCUT2D eigenvalue weighted by Crippen LogP contribution is -2.39. The van der Waals surface area contributed by atoms with Crippen molar-refractivity contribution >= 4 is 23.5 Å². The summed E-state index contributed by atoms with van der Waals surface area (Å²) in [5.74, 6) is -2.85. The van der Waals surface area contributed by atoms with Crippen molar-refractivity contribution in [1.29, 1.82) is 0 Å². The first-order valence-electron chi connectivity index (χ1n) is 8.89. The highest BCUT2D eigenvalue weighted by Crippen LogP contribution is 2.32. The molecule has 0 aliphatic carbocycles. The first-order chi connectivity index (χ1) is 12.9. The molecule has 1 aliphatic heterocycles. The van der Waals surface area contributed by atoms with Crippen LogP contribution in [0.5, 0.6) is 0 Å². The van der Waals surface area contributed by atoms with Gasteiger partial charge < -0.3 is 15.7 Å². The third-order valence-electron chi connectivity index (χ3n) is 4.75. The number of nitrogens with one attached hydrogen (secondary N) is 2. The molecule has 2 aromatic carbocycles. The van der Waals surface area contributed by atoms with Crippen LogP contribution in [0, 0.1) is 12.8 Å². The van der Waals surface area contributed by atoms with Gasteiger partial charge in [0.05, 0.1) is 11.8 Å². The van der Waals surface area contributed by atoms with Gasteiger partial charge in [-0.05, 0) is 30.5 Å². The van der Waals surface area contributed by atoms with E-state index < -0.39 is 17.8 Å². The highest BCUT2D eigenvalue weighted by Gasteiger charge is 2.31. The highest BCUT2D eigenvalue weighted by molar-refractivity contribution is 6.01. The molecule has 0 fully saturated rings. The summed E-state index contributed by atoms with van der Waals surface area (Å²) < 4.78 is 0. The number of carbonyl (C=O) groups excluding carboxylic acids is 2. The topological polar surface area (TPSA) is 95.5 Å². The van der Waals surface area contributed by atoms with Gasteiger partial charge in [0, 0.05) is 18.7 Å². The maximum atomic E-state index is 12.7. The van der Waals surface area contributed by atoms with Crippen molar-refractivity contribution in [3.05, 3.63) is 65.2 Å². The standard InChI is InChI=1S/C21H22N2O4/c1-13-5-4-6-14(9-13)10-15(21(26)27)12-22-20(25)17-11-19(24)23-18-8-3-2-7-16(17)18/h2-9,15,17H,10-12H2,1H3,(H,22,25)(H,23,24)(H,26,27)/t15-,17+/m0/s1. The van der Waals surface area contributed by atoms with Crippen LogP contribution < -0.4 is 10.6 Å². The fraction of sp³-hybridized carbons (Fsp3) is 0.286. The predicted molar refractivity (Wildman–Crippen MR) is 101 cm³/mol. The molecule has 0 unspecified atom stereocenters. The molecule has 0 spiro atoms. The van der Waals surface area contributed by atoms with E-state index in [1.54, 1.807) is 18.2 Å². The van der Waals surface area contributed by atoms with Crippen molar-refractivity contribution in [2.75, 3.05) is 11.9 Å². The highest BCUT2D eigenvalue weighted by atomic mass is 16.4. The molecule has 6 heteroatoms. The Bertz CT molecular complexity index is 878. The van der Waals surface area contributed by atoms with E-state index in [0.717, 1.165) is 16.7 Å². The largest absolute Gasteiger partial charge is 0.481 e. The molecule has 2 atom stereocenters. The van der Waals surface area contributed by atoms with Crippen molar-refractivity contribution in [3.8, 4) is 0 Å². The second-order valence-electron chi connectivity index (χ2n) is 6.87. The number of benzene rings is 2. The van der Waals surface area contributed by atoms with Gasteiger partial charge in [0.2, 0.25) is 11.8 Å². The van der Waals surface area contributed by atoms with E-state index in [1.165, 1.54) is 0 Å². The molecule has 2 amide bonds. The van der Waals surface area contributed by atoms with Gasteiger partial charge in [-0.3, -0.25) is 14.4 Å². The normalized spacial score (nSPS) is 16.8. The van der Waals surface area contributed by atoms with Gasteiger partial charge in [-0.25, -0.2) is 0 Å². The molecule has 6 nitrogen and oxygen atoms in total. The fourth-order valence-electron chi connectivity index (χ4n) is 3.36. The monoisotopic (exact) mass is 366 g/mol. The maximum absolute atomic E-state index is 12.7. The minimum absolute atomic E-state index is 0.0163. The van der Waals surface area contributed by atoms with Gasteiger partial charge in [0.1, 0.15) is 0 Å². The number of rotatable bonds is 6. The molecule has 140 valence electrons. The first-order valence-corrected chi connectivity index (χ1v) is 8.89. The molecule has 3 rings (SSSR count). The SMILES string of the molecule is Cc1cccc(C[C@@H](CNC(=O)[C@@H]2CC(=O)Nc3ccccc32)C(=O)O)c1. The fourth-order valence-corrected chi connectivity index (χ4v) is 3.36. The summed E-state index contributed by atoms with van der Waals surface area (Å²) in [6.07, 6.45) is 0.386. The summed E-state index contributed by atoms with van der Waals surface area (Å²) in [5, 5.41) is 15.0. The average Bonchev–Trinajstić information content (AvgIpc) is 2.64. The number of aliphatic carboxylic acids is 1. The van der Waals surface area contributed by atoms with Crippen LogP contribution in [0.3, 0.4) is 0 Å². The number of aryl methyl sites for hydroxylation is 1. The molecule has 0 saturated carbocycles. The van der Waals surface area contributed by atoms with Crippen LogP contribution in [0.1, 0.15) is 29.0 Å². The Morgan fingerprint density at radius 3 is 2.74 bits per heavy atom. The molecule has 1 heterocycles. The van der Waals surface area contributed by atoms with E-state index in [4.69, 9.17) is 0 Å². The van der Waals surface area contributed by atoms with Gasteiger partial charge in [-0.1, -0.05) is 48.0 Å². The van der Waals surface area contributed by atoms with Crippen LogP contribution in [0.2, 0.25) is 0 Å². The number of fused-ring (bicyclic) bond motifs is 1. The van der Waals surface area contributed by atoms with E-state index in [2.05, 4.69) is 10.6 Å². The molecule has 0 saturated heterocycles. The summed E-state index contributed by atoms with van der Waals surface area (Å²) in [5.41, 5.74) is 3.35. The van der Waals surface area contributed by atoms with Crippen LogP contribution in [0.4, 0.5) is 5.69 Å². The number of anilines is 1.